The summed E-state index contributed by atoms with van der Waals surface area (Å²) >= 11 is 0. The van der Waals surface area contributed by atoms with E-state index < -0.39 is 0 Å². The van der Waals surface area contributed by atoms with Crippen molar-refractivity contribution >= 4 is 17.0 Å². The van der Waals surface area contributed by atoms with Crippen LogP contribution in [0.3, 0.4) is 0 Å². The summed E-state index contributed by atoms with van der Waals surface area (Å²) in [5, 5.41) is 11.6. The summed E-state index contributed by atoms with van der Waals surface area (Å²) in [5.41, 5.74) is 2.22. The third-order valence-electron chi connectivity index (χ3n) is 5.55. The van der Waals surface area contributed by atoms with Crippen LogP contribution in [0.15, 0.2) is 28.7 Å². The molecule has 0 bridgehead atoms. The van der Waals surface area contributed by atoms with Gasteiger partial charge in [0.25, 0.3) is 0 Å². The number of aromatic amines is 1. The van der Waals surface area contributed by atoms with Crippen LogP contribution in [-0.4, -0.2) is 26.7 Å². The van der Waals surface area contributed by atoms with E-state index in [2.05, 4.69) is 38.7 Å². The summed E-state index contributed by atoms with van der Waals surface area (Å²) in [5.74, 6) is 3.68. The molecule has 0 amide bonds. The molecule has 0 saturated heterocycles. The van der Waals surface area contributed by atoms with Crippen LogP contribution in [0.25, 0.3) is 11.0 Å². The molecule has 6 nitrogen and oxygen atoms in total. The Kier molecular flexibility index (Phi) is 3.68. The maximum atomic E-state index is 5.67. The van der Waals surface area contributed by atoms with Gasteiger partial charge in [0.15, 0.2) is 0 Å². The van der Waals surface area contributed by atoms with Crippen molar-refractivity contribution in [2.24, 2.45) is 5.92 Å². The van der Waals surface area contributed by atoms with E-state index in [4.69, 9.17) is 9.40 Å². The van der Waals surface area contributed by atoms with E-state index in [9.17, 15) is 0 Å². The highest BCUT2D eigenvalue weighted by molar-refractivity contribution is 5.74. The summed E-state index contributed by atoms with van der Waals surface area (Å²) in [6.45, 7) is 0.916. The van der Waals surface area contributed by atoms with E-state index in [0.29, 0.717) is 23.8 Å². The zero-order valence-electron chi connectivity index (χ0n) is 14.2. The van der Waals surface area contributed by atoms with Crippen LogP contribution >= 0.6 is 0 Å². The number of hydrogen-bond acceptors (Lipinski definition) is 5. The molecule has 2 N–H and O–H groups in total. The first-order valence-electron chi connectivity index (χ1n) is 9.37. The zero-order valence-corrected chi connectivity index (χ0v) is 14.2. The van der Waals surface area contributed by atoms with Gasteiger partial charge < -0.3 is 14.7 Å². The van der Waals surface area contributed by atoms with Gasteiger partial charge in [-0.1, -0.05) is 17.2 Å². The lowest BCUT2D eigenvalue weighted by molar-refractivity contribution is 0.330. The summed E-state index contributed by atoms with van der Waals surface area (Å²) in [4.78, 5) is 8.27. The van der Waals surface area contributed by atoms with Gasteiger partial charge in [-0.15, -0.1) is 5.10 Å². The Balaban J connectivity index is 1.15. The van der Waals surface area contributed by atoms with Crippen molar-refractivity contribution in [3.8, 4) is 0 Å². The van der Waals surface area contributed by atoms with E-state index in [1.807, 2.05) is 6.07 Å². The number of hydrogen-bond donors (Lipinski definition) is 2. The molecule has 0 atom stereocenters. The maximum absolute atomic E-state index is 5.67. The minimum Gasteiger partial charge on any atom is -0.408 e. The topological polar surface area (TPSA) is 79.6 Å². The van der Waals surface area contributed by atoms with Crippen LogP contribution in [-0.2, 0) is 0 Å². The molecule has 0 spiro atoms. The van der Waals surface area contributed by atoms with Gasteiger partial charge in [0.2, 0.25) is 5.89 Å². The molecule has 3 aromatic rings. The third kappa shape index (κ3) is 3.13. The Labute approximate surface area is 146 Å². The van der Waals surface area contributed by atoms with Crippen molar-refractivity contribution in [1.82, 2.24) is 20.2 Å². The number of anilines is 1. The molecule has 2 heterocycles. The van der Waals surface area contributed by atoms with Crippen LogP contribution in [0.5, 0.6) is 0 Å². The van der Waals surface area contributed by atoms with Crippen LogP contribution in [0.2, 0.25) is 0 Å². The monoisotopic (exact) mass is 337 g/mol. The van der Waals surface area contributed by atoms with Gasteiger partial charge in [-0.2, -0.15) is 0 Å². The van der Waals surface area contributed by atoms with Gasteiger partial charge in [-0.3, -0.25) is 0 Å². The molecule has 2 aliphatic rings. The average Bonchev–Trinajstić information content (AvgIpc) is 3.24. The van der Waals surface area contributed by atoms with Crippen molar-refractivity contribution in [2.75, 3.05) is 11.9 Å². The summed E-state index contributed by atoms with van der Waals surface area (Å²) in [6.07, 6.45) is 7.16. The van der Waals surface area contributed by atoms with E-state index >= 15 is 0 Å². The second kappa shape index (κ2) is 6.17. The molecule has 2 aromatic heterocycles. The normalized spacial score (nSPS) is 23.8. The van der Waals surface area contributed by atoms with Crippen molar-refractivity contribution in [3.63, 3.8) is 0 Å². The maximum Gasteiger partial charge on any atom is 0.315 e. The predicted octanol–water partition coefficient (Wildman–Crippen LogP) is 4.21. The minimum absolute atomic E-state index is 0.516. The van der Waals surface area contributed by atoms with E-state index in [1.165, 1.54) is 38.5 Å². The molecule has 2 aliphatic carbocycles. The lowest BCUT2D eigenvalue weighted by Crippen LogP contribution is -2.21. The lowest BCUT2D eigenvalue weighted by atomic mass is 9.81. The Morgan fingerprint density at radius 3 is 2.60 bits per heavy atom. The largest absolute Gasteiger partial charge is 0.408 e. The van der Waals surface area contributed by atoms with Crippen LogP contribution < -0.4 is 5.32 Å². The number of para-hydroxylation sites is 2. The summed E-state index contributed by atoms with van der Waals surface area (Å²) in [7, 11) is 0. The van der Waals surface area contributed by atoms with E-state index in [-0.39, 0.29) is 0 Å². The Morgan fingerprint density at radius 2 is 1.80 bits per heavy atom. The fourth-order valence-corrected chi connectivity index (χ4v) is 3.84. The first-order chi connectivity index (χ1) is 12.3. The summed E-state index contributed by atoms with van der Waals surface area (Å²) in [6, 6.07) is 8.86. The van der Waals surface area contributed by atoms with Crippen LogP contribution in [0.4, 0.5) is 6.01 Å². The number of imidazole rings is 1. The number of aromatic nitrogens is 4. The molecular formula is C19H23N5O. The fourth-order valence-electron chi connectivity index (χ4n) is 3.84. The van der Waals surface area contributed by atoms with Crippen molar-refractivity contribution < 1.29 is 4.42 Å². The number of nitrogens with zero attached hydrogens (tertiary/aromatic N) is 3. The molecule has 0 aliphatic heterocycles. The third-order valence-corrected chi connectivity index (χ3v) is 5.55. The number of benzene rings is 1. The van der Waals surface area contributed by atoms with Gasteiger partial charge >= 0.3 is 6.01 Å². The molecule has 25 heavy (non-hydrogen) atoms. The Hall–Kier alpha value is -2.37. The smallest absolute Gasteiger partial charge is 0.315 e. The molecule has 1 aromatic carbocycles. The zero-order chi connectivity index (χ0) is 16.6. The Bertz CT molecular complexity index is 824. The van der Waals surface area contributed by atoms with Crippen molar-refractivity contribution in [1.29, 1.82) is 0 Å². The number of rotatable bonds is 5. The predicted molar refractivity (Wildman–Crippen MR) is 95.6 cm³/mol. The Morgan fingerprint density at radius 1 is 1.00 bits per heavy atom. The highest BCUT2D eigenvalue weighted by atomic mass is 16.4. The van der Waals surface area contributed by atoms with Gasteiger partial charge in [-0.05, 0) is 56.6 Å². The lowest BCUT2D eigenvalue weighted by Gasteiger charge is -2.27. The van der Waals surface area contributed by atoms with Gasteiger partial charge in [0.1, 0.15) is 5.82 Å². The highest BCUT2D eigenvalue weighted by Crippen LogP contribution is 2.39. The number of nitrogens with one attached hydrogen (secondary N) is 2. The first kappa shape index (κ1) is 14.9. The molecule has 0 radical (unpaired) electrons. The van der Waals surface area contributed by atoms with E-state index in [1.54, 1.807) is 0 Å². The van der Waals surface area contributed by atoms with Crippen LogP contribution in [0.1, 0.15) is 62.1 Å². The highest BCUT2D eigenvalue weighted by Gasteiger charge is 2.29. The second-order valence-corrected chi connectivity index (χ2v) is 7.46. The van der Waals surface area contributed by atoms with Crippen LogP contribution in [0, 0.1) is 5.92 Å². The van der Waals surface area contributed by atoms with Crippen molar-refractivity contribution in [3.05, 3.63) is 36.0 Å². The molecular weight excluding hydrogens is 314 g/mol. The molecule has 5 rings (SSSR count). The summed E-state index contributed by atoms with van der Waals surface area (Å²) < 4.78 is 5.67. The molecule has 2 saturated carbocycles. The molecule has 0 unspecified atom stereocenters. The standard InChI is InChI=1S/C19H23N5O/c1-2-4-16-15(3-1)21-17(22-16)13-7-5-12(6-8-13)11-20-19-24-23-18(25-19)14-9-10-14/h1-4,12-14H,5-11H2,(H,20,24)(H,21,22). The quantitative estimate of drug-likeness (QED) is 0.729. The number of fused-ring (bicyclic) bond motifs is 1. The number of H-pyrrole nitrogens is 1. The molecule has 130 valence electrons. The SMILES string of the molecule is c1ccc2[nH]c(C3CCC(CNc4nnc(C5CC5)o4)CC3)nc2c1. The van der Waals surface area contributed by atoms with Gasteiger partial charge in [0.05, 0.1) is 11.0 Å². The van der Waals surface area contributed by atoms with Gasteiger partial charge in [-0.25, -0.2) is 4.98 Å². The second-order valence-electron chi connectivity index (χ2n) is 7.46. The average molecular weight is 337 g/mol. The van der Waals surface area contributed by atoms with Crippen molar-refractivity contribution in [2.45, 2.75) is 50.4 Å². The van der Waals surface area contributed by atoms with Gasteiger partial charge in [0, 0.05) is 18.4 Å². The first-order valence-corrected chi connectivity index (χ1v) is 9.37. The van der Waals surface area contributed by atoms with E-state index in [0.717, 1.165) is 29.3 Å². The molecule has 2 fully saturated rings. The molecule has 6 heteroatoms. The minimum atomic E-state index is 0.516. The fraction of sp³-hybridized carbons (Fsp3) is 0.526.